The first-order valence-electron chi connectivity index (χ1n) is 7.36. The molecule has 0 radical (unpaired) electrons. The van der Waals surface area contributed by atoms with Crippen LogP contribution in [-0.2, 0) is 14.9 Å². The number of nitro groups is 1. The van der Waals surface area contributed by atoms with Crippen molar-refractivity contribution in [2.45, 2.75) is 31.3 Å². The predicted molar refractivity (Wildman–Crippen MR) is 88.5 cm³/mol. The molecule has 2 atom stereocenters. The van der Waals surface area contributed by atoms with Gasteiger partial charge >= 0.3 is 0 Å². The van der Waals surface area contributed by atoms with E-state index in [-0.39, 0.29) is 23.1 Å². The summed E-state index contributed by atoms with van der Waals surface area (Å²) < 4.78 is 24.3. The van der Waals surface area contributed by atoms with E-state index in [0.29, 0.717) is 12.3 Å². The van der Waals surface area contributed by atoms with Crippen LogP contribution in [0.15, 0.2) is 41.8 Å². The molecule has 2 N–H and O–H groups in total. The van der Waals surface area contributed by atoms with Crippen LogP contribution in [0, 0.1) is 22.0 Å². The third kappa shape index (κ3) is 5.68. The van der Waals surface area contributed by atoms with Crippen LogP contribution in [0.1, 0.15) is 20.3 Å². The molecular formula is C15H22N2O6S. The number of non-ortho nitro benzene ring substituents is 1. The third-order valence-electron chi connectivity index (χ3n) is 3.36. The number of benzene rings is 1. The van der Waals surface area contributed by atoms with Crippen molar-refractivity contribution < 1.29 is 23.3 Å². The van der Waals surface area contributed by atoms with Crippen molar-refractivity contribution in [2.75, 3.05) is 6.61 Å². The average molecular weight is 358 g/mol. The summed E-state index contributed by atoms with van der Waals surface area (Å²) in [5, 5.41) is 20.0. The number of rotatable bonds is 10. The molecule has 0 amide bonds. The lowest BCUT2D eigenvalue weighted by Gasteiger charge is -2.24. The molecule has 1 aromatic carbocycles. The fraction of sp³-hybridized carbons (Fsp3) is 0.467. The molecule has 0 unspecified atom stereocenters. The maximum absolute atomic E-state index is 12.2. The SMILES string of the molecule is C=C[C@@H](ONS(=O)(=O)c1ccc([N+](=O)[O-])cc1)[C@@H](CO)CC(C)C. The van der Waals surface area contributed by atoms with E-state index in [1.54, 1.807) is 0 Å². The minimum atomic E-state index is -4.00. The first kappa shape index (κ1) is 20.2. The van der Waals surface area contributed by atoms with Gasteiger partial charge in [0.2, 0.25) is 0 Å². The Balaban J connectivity index is 2.81. The number of hydrogen-bond acceptors (Lipinski definition) is 6. The van der Waals surface area contributed by atoms with Gasteiger partial charge in [0, 0.05) is 24.7 Å². The van der Waals surface area contributed by atoms with E-state index in [1.807, 2.05) is 18.7 Å². The summed E-state index contributed by atoms with van der Waals surface area (Å²) in [5.41, 5.74) is -0.212. The minimum Gasteiger partial charge on any atom is -0.396 e. The molecule has 0 aliphatic heterocycles. The van der Waals surface area contributed by atoms with E-state index < -0.39 is 21.1 Å². The van der Waals surface area contributed by atoms with Crippen molar-refractivity contribution in [3.8, 4) is 0 Å². The topological polar surface area (TPSA) is 119 Å². The van der Waals surface area contributed by atoms with Gasteiger partial charge in [0.15, 0.2) is 0 Å². The number of nitrogens with one attached hydrogen (secondary N) is 1. The highest BCUT2D eigenvalue weighted by Crippen LogP contribution is 2.19. The Morgan fingerprint density at radius 3 is 2.38 bits per heavy atom. The van der Waals surface area contributed by atoms with Crippen LogP contribution in [0.25, 0.3) is 0 Å². The fourth-order valence-electron chi connectivity index (χ4n) is 2.17. The van der Waals surface area contributed by atoms with Crippen molar-refractivity contribution in [3.63, 3.8) is 0 Å². The Kier molecular flexibility index (Phi) is 7.49. The second kappa shape index (κ2) is 8.88. The Bertz CT molecular complexity index is 657. The molecule has 0 aliphatic rings. The monoisotopic (exact) mass is 358 g/mol. The lowest BCUT2D eigenvalue weighted by Crippen LogP contribution is -2.35. The summed E-state index contributed by atoms with van der Waals surface area (Å²) in [5.74, 6) is -0.0125. The molecule has 9 heteroatoms. The quantitative estimate of drug-likeness (QED) is 0.375. The van der Waals surface area contributed by atoms with Gasteiger partial charge in [-0.1, -0.05) is 24.8 Å². The molecule has 24 heavy (non-hydrogen) atoms. The number of sulfonamides is 1. The van der Waals surface area contributed by atoms with E-state index in [9.17, 15) is 23.6 Å². The molecule has 0 fully saturated rings. The van der Waals surface area contributed by atoms with Crippen LogP contribution in [0.2, 0.25) is 0 Å². The number of aliphatic hydroxyl groups excluding tert-OH is 1. The normalized spacial score (nSPS) is 14.3. The van der Waals surface area contributed by atoms with Gasteiger partial charge in [0.25, 0.3) is 15.7 Å². The van der Waals surface area contributed by atoms with Crippen LogP contribution in [-0.4, -0.2) is 31.2 Å². The molecule has 0 saturated heterocycles. The summed E-state index contributed by atoms with van der Waals surface area (Å²) in [6, 6.07) is 4.42. The zero-order valence-corrected chi connectivity index (χ0v) is 14.4. The highest BCUT2D eigenvalue weighted by atomic mass is 32.2. The van der Waals surface area contributed by atoms with Gasteiger partial charge in [0.1, 0.15) is 6.10 Å². The summed E-state index contributed by atoms with van der Waals surface area (Å²) in [6.45, 7) is 7.38. The Labute approximate surface area is 141 Å². The van der Waals surface area contributed by atoms with E-state index >= 15 is 0 Å². The largest absolute Gasteiger partial charge is 0.396 e. The van der Waals surface area contributed by atoms with Gasteiger partial charge in [-0.15, -0.1) is 6.58 Å². The fourth-order valence-corrected chi connectivity index (χ4v) is 3.00. The minimum absolute atomic E-state index is 0.166. The lowest BCUT2D eigenvalue weighted by molar-refractivity contribution is -0.384. The molecule has 1 rings (SSSR count). The van der Waals surface area contributed by atoms with Crippen LogP contribution >= 0.6 is 0 Å². The third-order valence-corrected chi connectivity index (χ3v) is 4.57. The van der Waals surface area contributed by atoms with Gasteiger partial charge < -0.3 is 5.11 Å². The molecule has 0 aromatic heterocycles. The standard InChI is InChI=1S/C15H22N2O6S/c1-4-15(12(10-18)9-11(2)3)23-16-24(21,22)14-7-5-13(6-8-14)17(19)20/h4-8,11-12,15-16,18H,1,9-10H2,2-3H3/t12-,15-/m1/s1. The number of hydrogen-bond donors (Lipinski definition) is 2. The summed E-state index contributed by atoms with van der Waals surface area (Å²) >= 11 is 0. The zero-order chi connectivity index (χ0) is 18.3. The van der Waals surface area contributed by atoms with Gasteiger partial charge in [-0.25, -0.2) is 8.42 Å². The van der Waals surface area contributed by atoms with E-state index in [0.717, 1.165) is 24.3 Å². The first-order chi connectivity index (χ1) is 11.2. The Morgan fingerprint density at radius 1 is 1.38 bits per heavy atom. The molecule has 134 valence electrons. The Morgan fingerprint density at radius 2 is 1.96 bits per heavy atom. The number of nitro benzene ring substituents is 1. The highest BCUT2D eigenvalue weighted by molar-refractivity contribution is 7.89. The van der Waals surface area contributed by atoms with Gasteiger partial charge in [-0.05, 0) is 24.5 Å². The van der Waals surface area contributed by atoms with E-state index in [4.69, 9.17) is 4.84 Å². The predicted octanol–water partition coefficient (Wildman–Crippen LogP) is 2.01. The van der Waals surface area contributed by atoms with E-state index in [2.05, 4.69) is 6.58 Å². The van der Waals surface area contributed by atoms with Crippen molar-refractivity contribution in [1.29, 1.82) is 0 Å². The molecule has 0 spiro atoms. The lowest BCUT2D eigenvalue weighted by atomic mass is 9.93. The van der Waals surface area contributed by atoms with Crippen molar-refractivity contribution in [1.82, 2.24) is 4.89 Å². The van der Waals surface area contributed by atoms with E-state index in [1.165, 1.54) is 6.08 Å². The molecule has 0 saturated carbocycles. The molecule has 8 nitrogen and oxygen atoms in total. The summed E-state index contributed by atoms with van der Waals surface area (Å²) in [7, 11) is -4.00. The maximum atomic E-state index is 12.2. The molecule has 0 heterocycles. The van der Waals surface area contributed by atoms with Crippen LogP contribution in [0.3, 0.4) is 0 Å². The van der Waals surface area contributed by atoms with Crippen LogP contribution in [0.5, 0.6) is 0 Å². The molecular weight excluding hydrogens is 336 g/mol. The van der Waals surface area contributed by atoms with Crippen molar-refractivity contribution >= 4 is 15.7 Å². The number of nitrogens with zero attached hydrogens (tertiary/aromatic N) is 1. The van der Waals surface area contributed by atoms with Crippen LogP contribution in [0.4, 0.5) is 5.69 Å². The second-order valence-electron chi connectivity index (χ2n) is 5.73. The molecule has 0 aliphatic carbocycles. The Hall–Kier alpha value is -1.81. The van der Waals surface area contributed by atoms with Gasteiger partial charge in [-0.3, -0.25) is 15.0 Å². The number of aliphatic hydroxyl groups is 1. The summed E-state index contributed by atoms with van der Waals surface area (Å²) in [4.78, 5) is 17.0. The highest BCUT2D eigenvalue weighted by Gasteiger charge is 2.23. The van der Waals surface area contributed by atoms with Gasteiger partial charge in [0.05, 0.1) is 9.82 Å². The molecule has 1 aromatic rings. The first-order valence-corrected chi connectivity index (χ1v) is 8.85. The summed E-state index contributed by atoms with van der Waals surface area (Å²) in [6.07, 6.45) is 1.35. The maximum Gasteiger partial charge on any atom is 0.269 e. The van der Waals surface area contributed by atoms with Gasteiger partial charge in [-0.2, -0.15) is 0 Å². The average Bonchev–Trinajstić information content (AvgIpc) is 2.53. The smallest absolute Gasteiger partial charge is 0.269 e. The van der Waals surface area contributed by atoms with Crippen molar-refractivity contribution in [3.05, 3.63) is 47.0 Å². The second-order valence-corrected chi connectivity index (χ2v) is 7.37. The van der Waals surface area contributed by atoms with Crippen LogP contribution < -0.4 is 4.89 Å². The molecule has 0 bridgehead atoms. The van der Waals surface area contributed by atoms with Crippen molar-refractivity contribution in [2.24, 2.45) is 11.8 Å². The zero-order valence-electron chi connectivity index (χ0n) is 13.6.